The van der Waals surface area contributed by atoms with E-state index in [0.717, 1.165) is 33.1 Å². The maximum atomic E-state index is 6.80. The topological polar surface area (TPSA) is 26.0 Å². The van der Waals surface area contributed by atoms with E-state index in [1.165, 1.54) is 76.5 Å². The molecule has 0 aliphatic rings. The van der Waals surface area contributed by atoms with Gasteiger partial charge in [-0.1, -0.05) is 158 Å². The molecule has 2 aromatic heterocycles. The number of hydrogen-bond donors (Lipinski definition) is 0. The molecular weight excluding hydrogens is 643 g/mol. The van der Waals surface area contributed by atoms with E-state index in [4.69, 9.17) is 4.42 Å². The van der Waals surface area contributed by atoms with Gasteiger partial charge in [-0.05, 0) is 100 Å². The third-order valence-electron chi connectivity index (χ3n) is 10.9. The van der Waals surface area contributed by atoms with E-state index in [1.807, 2.05) is 18.5 Å². The van der Waals surface area contributed by atoms with Crippen LogP contribution in [-0.4, -0.2) is 4.98 Å². The van der Waals surface area contributed by atoms with Crippen LogP contribution in [0.15, 0.2) is 193 Å². The molecule has 0 spiro atoms. The molecule has 0 N–H and O–H groups in total. The molecule has 0 amide bonds. The van der Waals surface area contributed by atoms with E-state index in [2.05, 4.69) is 175 Å². The fraction of sp³-hybridized carbons (Fsp3) is 0. The standard InChI is InChI=1S/C51H31NO/c1-2-15-32(16-3-1)46-34-18-4-8-22-38(34)48(39-23-9-5-19-35(39)46)42-26-12-28-44-50(42)51-43(27-13-29-45(51)53-44)49-40-24-10-6-20-36(40)47(33-17-14-30-52-31-33)37-21-7-11-25-41(37)49/h1-31H. The molecule has 0 unspecified atom stereocenters. The maximum absolute atomic E-state index is 6.80. The van der Waals surface area contributed by atoms with Crippen molar-refractivity contribution in [2.75, 3.05) is 0 Å². The summed E-state index contributed by atoms with van der Waals surface area (Å²) in [5.41, 5.74) is 11.3. The Morgan fingerprint density at radius 2 is 0.679 bits per heavy atom. The SMILES string of the molecule is c1ccc(-c2c3ccccc3c(-c3cccc4oc5cccc(-c6c7ccccc7c(-c7cccnc7)c7ccccc67)c5c34)c3ccccc23)cc1. The summed E-state index contributed by atoms with van der Waals surface area (Å²) in [5.74, 6) is 0. The van der Waals surface area contributed by atoms with Gasteiger partial charge < -0.3 is 4.42 Å². The highest BCUT2D eigenvalue weighted by Gasteiger charge is 2.24. The van der Waals surface area contributed by atoms with Crippen LogP contribution in [0.5, 0.6) is 0 Å². The molecule has 9 aromatic carbocycles. The number of hydrogen-bond acceptors (Lipinski definition) is 2. The minimum atomic E-state index is 0.879. The van der Waals surface area contributed by atoms with E-state index >= 15 is 0 Å². The van der Waals surface area contributed by atoms with Crippen LogP contribution in [0.2, 0.25) is 0 Å². The third kappa shape index (κ3) is 4.43. The molecule has 11 aromatic rings. The van der Waals surface area contributed by atoms with Crippen LogP contribution in [-0.2, 0) is 0 Å². The quantitative estimate of drug-likeness (QED) is 0.174. The van der Waals surface area contributed by atoms with Gasteiger partial charge in [-0.15, -0.1) is 0 Å². The number of pyridine rings is 1. The molecule has 2 nitrogen and oxygen atoms in total. The Morgan fingerprint density at radius 3 is 1.09 bits per heavy atom. The number of furan rings is 1. The van der Waals surface area contributed by atoms with Crippen LogP contribution >= 0.6 is 0 Å². The Hall–Kier alpha value is -7.03. The van der Waals surface area contributed by atoms with Gasteiger partial charge in [0.25, 0.3) is 0 Å². The summed E-state index contributed by atoms with van der Waals surface area (Å²) in [5, 5.41) is 12.0. The van der Waals surface area contributed by atoms with Gasteiger partial charge in [-0.2, -0.15) is 0 Å². The monoisotopic (exact) mass is 673 g/mol. The predicted molar refractivity (Wildman–Crippen MR) is 223 cm³/mol. The molecule has 2 heterocycles. The van der Waals surface area contributed by atoms with Crippen molar-refractivity contribution in [1.82, 2.24) is 4.98 Å². The van der Waals surface area contributed by atoms with Crippen molar-refractivity contribution < 1.29 is 4.42 Å². The Kier molecular flexibility index (Phi) is 6.59. The first kappa shape index (κ1) is 29.7. The zero-order chi connectivity index (χ0) is 34.9. The Morgan fingerprint density at radius 1 is 0.302 bits per heavy atom. The van der Waals surface area contributed by atoms with Crippen LogP contribution in [0, 0.1) is 0 Å². The minimum Gasteiger partial charge on any atom is -0.456 e. The van der Waals surface area contributed by atoms with Crippen LogP contribution in [0.25, 0.3) is 110 Å². The molecule has 0 radical (unpaired) electrons. The molecule has 0 fully saturated rings. The summed E-state index contributed by atoms with van der Waals surface area (Å²) < 4.78 is 6.80. The van der Waals surface area contributed by atoms with Crippen LogP contribution < -0.4 is 0 Å². The van der Waals surface area contributed by atoms with Crippen LogP contribution in [0.1, 0.15) is 0 Å². The molecule has 0 bridgehead atoms. The first-order valence-electron chi connectivity index (χ1n) is 18.1. The molecule has 0 atom stereocenters. The summed E-state index contributed by atoms with van der Waals surface area (Å²) in [6.07, 6.45) is 3.81. The van der Waals surface area contributed by atoms with Crippen molar-refractivity contribution in [3.8, 4) is 44.5 Å². The van der Waals surface area contributed by atoms with Crippen LogP contribution in [0.4, 0.5) is 0 Å². The lowest BCUT2D eigenvalue weighted by Crippen LogP contribution is -1.92. The molecule has 2 heteroatoms. The Bertz CT molecular complexity index is 2880. The van der Waals surface area contributed by atoms with E-state index in [-0.39, 0.29) is 0 Å². The molecule has 11 rings (SSSR count). The fourth-order valence-electron chi connectivity index (χ4n) is 8.86. The number of rotatable bonds is 4. The van der Waals surface area contributed by atoms with E-state index in [9.17, 15) is 0 Å². The van der Waals surface area contributed by atoms with Gasteiger partial charge in [0.05, 0.1) is 0 Å². The molecule has 0 saturated heterocycles. The zero-order valence-electron chi connectivity index (χ0n) is 28.8. The zero-order valence-corrected chi connectivity index (χ0v) is 28.8. The second-order valence-electron chi connectivity index (χ2n) is 13.7. The largest absolute Gasteiger partial charge is 0.456 e. The lowest BCUT2D eigenvalue weighted by Gasteiger charge is -2.19. The van der Waals surface area contributed by atoms with Crippen molar-refractivity contribution in [3.05, 3.63) is 188 Å². The van der Waals surface area contributed by atoms with Crippen molar-refractivity contribution >= 4 is 65.0 Å². The van der Waals surface area contributed by atoms with Crippen molar-refractivity contribution in [2.45, 2.75) is 0 Å². The molecule has 0 aliphatic carbocycles. The lowest BCUT2D eigenvalue weighted by molar-refractivity contribution is 0.669. The van der Waals surface area contributed by atoms with Crippen molar-refractivity contribution in [1.29, 1.82) is 0 Å². The van der Waals surface area contributed by atoms with Crippen LogP contribution in [0.3, 0.4) is 0 Å². The summed E-state index contributed by atoms with van der Waals surface area (Å²) in [4.78, 5) is 4.52. The molecule has 246 valence electrons. The summed E-state index contributed by atoms with van der Waals surface area (Å²) in [6, 6.07) is 63.4. The Balaban J connectivity index is 1.29. The maximum Gasteiger partial charge on any atom is 0.136 e. The number of aromatic nitrogens is 1. The molecule has 0 saturated carbocycles. The predicted octanol–water partition coefficient (Wildman–Crippen LogP) is 14.3. The first-order chi connectivity index (χ1) is 26.3. The van der Waals surface area contributed by atoms with Crippen molar-refractivity contribution in [3.63, 3.8) is 0 Å². The molecular formula is C51H31NO. The number of fused-ring (bicyclic) bond motifs is 7. The van der Waals surface area contributed by atoms with E-state index < -0.39 is 0 Å². The highest BCUT2D eigenvalue weighted by molar-refractivity contribution is 6.30. The molecule has 0 aliphatic heterocycles. The lowest BCUT2D eigenvalue weighted by atomic mass is 9.83. The second kappa shape index (κ2) is 11.8. The van der Waals surface area contributed by atoms with Gasteiger partial charge >= 0.3 is 0 Å². The van der Waals surface area contributed by atoms with Gasteiger partial charge in [-0.25, -0.2) is 0 Å². The van der Waals surface area contributed by atoms with Crippen molar-refractivity contribution in [2.24, 2.45) is 0 Å². The number of nitrogens with zero attached hydrogens (tertiary/aromatic N) is 1. The normalized spacial score (nSPS) is 11.8. The first-order valence-corrected chi connectivity index (χ1v) is 18.1. The summed E-state index contributed by atoms with van der Waals surface area (Å²) in [7, 11) is 0. The Labute approximate surface area is 306 Å². The minimum absolute atomic E-state index is 0.879. The van der Waals surface area contributed by atoms with Gasteiger partial charge in [-0.3, -0.25) is 4.98 Å². The van der Waals surface area contributed by atoms with E-state index in [1.54, 1.807) is 0 Å². The smallest absolute Gasteiger partial charge is 0.136 e. The highest BCUT2D eigenvalue weighted by atomic mass is 16.3. The van der Waals surface area contributed by atoms with Gasteiger partial charge in [0.15, 0.2) is 0 Å². The summed E-state index contributed by atoms with van der Waals surface area (Å²) >= 11 is 0. The fourth-order valence-corrected chi connectivity index (χ4v) is 8.86. The average Bonchev–Trinajstić information content (AvgIpc) is 3.62. The number of benzene rings is 9. The van der Waals surface area contributed by atoms with E-state index in [0.29, 0.717) is 0 Å². The average molecular weight is 674 g/mol. The highest BCUT2D eigenvalue weighted by Crippen LogP contribution is 2.50. The summed E-state index contributed by atoms with van der Waals surface area (Å²) in [6.45, 7) is 0. The third-order valence-corrected chi connectivity index (χ3v) is 10.9. The van der Waals surface area contributed by atoms with Gasteiger partial charge in [0, 0.05) is 28.7 Å². The van der Waals surface area contributed by atoms with Gasteiger partial charge in [0.2, 0.25) is 0 Å². The molecule has 53 heavy (non-hydrogen) atoms. The second-order valence-corrected chi connectivity index (χ2v) is 13.7. The van der Waals surface area contributed by atoms with Gasteiger partial charge in [0.1, 0.15) is 11.2 Å².